The Morgan fingerprint density at radius 1 is 0.923 bits per heavy atom. The molecule has 1 N–H and O–H groups in total. The van der Waals surface area contributed by atoms with Crippen LogP contribution in [0.15, 0.2) is 60.9 Å². The van der Waals surface area contributed by atoms with E-state index in [4.69, 9.17) is 10.4 Å². The summed E-state index contributed by atoms with van der Waals surface area (Å²) in [6.07, 6.45) is 1.78. The lowest BCUT2D eigenvalue weighted by Crippen LogP contribution is -2.21. The van der Waals surface area contributed by atoms with Gasteiger partial charge in [-0.15, -0.1) is 0 Å². The summed E-state index contributed by atoms with van der Waals surface area (Å²) in [7, 11) is 0. The van der Waals surface area contributed by atoms with Crippen molar-refractivity contribution in [3.63, 3.8) is 0 Å². The quantitative estimate of drug-likeness (QED) is 0.593. The van der Waals surface area contributed by atoms with Gasteiger partial charge in [-0.05, 0) is 44.0 Å². The van der Waals surface area contributed by atoms with Gasteiger partial charge in [-0.1, -0.05) is 48.0 Å². The predicted octanol–water partition coefficient (Wildman–Crippen LogP) is 4.28. The molecule has 0 unspecified atom stereocenters. The first kappa shape index (κ1) is 16.3. The van der Waals surface area contributed by atoms with Crippen LogP contribution >= 0.6 is 0 Å². The fourth-order valence-electron chi connectivity index (χ4n) is 3.43. The zero-order valence-electron chi connectivity index (χ0n) is 15.3. The maximum atomic E-state index is 8.75. The molecule has 4 nitrogen and oxygen atoms in total. The number of rotatable bonds is 3. The SMILES string of the molecule is Cc1ccc(-n2c(C)c(C)c3c(=N)n(Cc4ccccc4)cnc32)cc1. The Balaban J connectivity index is 1.90. The molecular weight excluding hydrogens is 320 g/mol. The van der Waals surface area contributed by atoms with E-state index >= 15 is 0 Å². The van der Waals surface area contributed by atoms with Gasteiger partial charge in [0.2, 0.25) is 0 Å². The molecular formula is C22H22N4. The van der Waals surface area contributed by atoms with Crippen molar-refractivity contribution in [2.45, 2.75) is 27.3 Å². The summed E-state index contributed by atoms with van der Waals surface area (Å²) in [5.74, 6) is 0. The van der Waals surface area contributed by atoms with Gasteiger partial charge >= 0.3 is 0 Å². The van der Waals surface area contributed by atoms with E-state index in [0.29, 0.717) is 12.0 Å². The molecule has 2 heterocycles. The zero-order valence-corrected chi connectivity index (χ0v) is 15.3. The molecule has 0 saturated carbocycles. The van der Waals surface area contributed by atoms with Gasteiger partial charge < -0.3 is 4.57 Å². The van der Waals surface area contributed by atoms with Crippen LogP contribution in [0.2, 0.25) is 0 Å². The average Bonchev–Trinajstić information content (AvgIpc) is 2.91. The van der Waals surface area contributed by atoms with Crippen molar-refractivity contribution < 1.29 is 0 Å². The third-order valence-electron chi connectivity index (χ3n) is 5.02. The van der Waals surface area contributed by atoms with Crippen LogP contribution in [0.1, 0.15) is 22.4 Å². The number of hydrogen-bond donors (Lipinski definition) is 1. The minimum atomic E-state index is 0.505. The molecule has 130 valence electrons. The Kier molecular flexibility index (Phi) is 3.96. The molecule has 0 bridgehead atoms. The molecule has 0 fully saturated rings. The van der Waals surface area contributed by atoms with Crippen molar-refractivity contribution in [2.24, 2.45) is 0 Å². The Morgan fingerprint density at radius 2 is 1.62 bits per heavy atom. The van der Waals surface area contributed by atoms with E-state index in [9.17, 15) is 0 Å². The van der Waals surface area contributed by atoms with E-state index < -0.39 is 0 Å². The van der Waals surface area contributed by atoms with Crippen molar-refractivity contribution in [3.8, 4) is 5.69 Å². The van der Waals surface area contributed by atoms with Gasteiger partial charge in [0.1, 0.15) is 11.1 Å². The molecule has 0 amide bonds. The van der Waals surface area contributed by atoms with Gasteiger partial charge in [-0.2, -0.15) is 0 Å². The van der Waals surface area contributed by atoms with Gasteiger partial charge in [0.15, 0.2) is 0 Å². The monoisotopic (exact) mass is 342 g/mol. The lowest BCUT2D eigenvalue weighted by atomic mass is 10.2. The molecule has 2 aromatic carbocycles. The normalized spacial score (nSPS) is 11.2. The minimum Gasteiger partial charge on any atom is -0.312 e. The van der Waals surface area contributed by atoms with Crippen LogP contribution in [0.25, 0.3) is 16.7 Å². The zero-order chi connectivity index (χ0) is 18.3. The number of benzene rings is 2. The topological polar surface area (TPSA) is 46.6 Å². The molecule has 0 atom stereocenters. The van der Waals surface area contributed by atoms with E-state index in [2.05, 4.69) is 61.7 Å². The van der Waals surface area contributed by atoms with Crippen LogP contribution < -0.4 is 5.49 Å². The van der Waals surface area contributed by atoms with Crippen molar-refractivity contribution in [1.29, 1.82) is 5.41 Å². The smallest absolute Gasteiger partial charge is 0.150 e. The molecule has 0 aliphatic carbocycles. The lowest BCUT2D eigenvalue weighted by molar-refractivity contribution is 0.721. The predicted molar refractivity (Wildman–Crippen MR) is 105 cm³/mol. The third kappa shape index (κ3) is 2.64. The Hall–Kier alpha value is -3.14. The molecule has 0 radical (unpaired) electrons. The number of aryl methyl sites for hydroxylation is 2. The van der Waals surface area contributed by atoms with Crippen LogP contribution in [0.5, 0.6) is 0 Å². The van der Waals surface area contributed by atoms with E-state index in [1.54, 1.807) is 6.33 Å². The van der Waals surface area contributed by atoms with Gasteiger partial charge in [-0.3, -0.25) is 9.98 Å². The van der Waals surface area contributed by atoms with Gasteiger partial charge in [0.25, 0.3) is 0 Å². The van der Waals surface area contributed by atoms with E-state index in [1.807, 2.05) is 22.8 Å². The minimum absolute atomic E-state index is 0.505. The second-order valence-corrected chi connectivity index (χ2v) is 6.79. The highest BCUT2D eigenvalue weighted by atomic mass is 15.1. The maximum absolute atomic E-state index is 8.75. The lowest BCUT2D eigenvalue weighted by Gasteiger charge is -2.10. The molecule has 4 rings (SSSR count). The van der Waals surface area contributed by atoms with Crippen LogP contribution in [-0.4, -0.2) is 14.1 Å². The first-order valence-corrected chi connectivity index (χ1v) is 8.79. The van der Waals surface area contributed by atoms with E-state index in [-0.39, 0.29) is 0 Å². The summed E-state index contributed by atoms with van der Waals surface area (Å²) < 4.78 is 4.05. The largest absolute Gasteiger partial charge is 0.312 e. The fourth-order valence-corrected chi connectivity index (χ4v) is 3.43. The number of nitrogens with one attached hydrogen (secondary N) is 1. The molecule has 0 saturated heterocycles. The van der Waals surface area contributed by atoms with Crippen LogP contribution in [0, 0.1) is 26.2 Å². The number of aromatic nitrogens is 3. The number of hydrogen-bond acceptors (Lipinski definition) is 2. The highest BCUT2D eigenvalue weighted by molar-refractivity contribution is 5.82. The van der Waals surface area contributed by atoms with Gasteiger partial charge in [0, 0.05) is 11.4 Å². The van der Waals surface area contributed by atoms with Gasteiger partial charge in [0.05, 0.1) is 18.3 Å². The third-order valence-corrected chi connectivity index (χ3v) is 5.02. The molecule has 0 aliphatic rings. The summed E-state index contributed by atoms with van der Waals surface area (Å²) in [4.78, 5) is 4.72. The average molecular weight is 342 g/mol. The molecule has 26 heavy (non-hydrogen) atoms. The molecule has 4 heteroatoms. The van der Waals surface area contributed by atoms with Crippen LogP contribution in [0.3, 0.4) is 0 Å². The Morgan fingerprint density at radius 3 is 2.31 bits per heavy atom. The van der Waals surface area contributed by atoms with Crippen LogP contribution in [0.4, 0.5) is 0 Å². The summed E-state index contributed by atoms with van der Waals surface area (Å²) in [5.41, 5.74) is 7.07. The summed E-state index contributed by atoms with van der Waals surface area (Å²) in [5, 5.41) is 9.66. The van der Waals surface area contributed by atoms with Crippen molar-refractivity contribution in [3.05, 3.63) is 88.8 Å². The van der Waals surface area contributed by atoms with Crippen molar-refractivity contribution >= 4 is 11.0 Å². The molecule has 2 aromatic heterocycles. The molecule has 0 aliphatic heterocycles. The van der Waals surface area contributed by atoms with Gasteiger partial charge in [-0.25, -0.2) is 4.98 Å². The second-order valence-electron chi connectivity index (χ2n) is 6.79. The first-order valence-electron chi connectivity index (χ1n) is 8.79. The first-order chi connectivity index (χ1) is 12.6. The second kappa shape index (κ2) is 6.30. The molecule has 0 spiro atoms. The summed E-state index contributed by atoms with van der Waals surface area (Å²) in [6, 6.07) is 18.6. The fraction of sp³-hybridized carbons (Fsp3) is 0.182. The standard InChI is InChI=1S/C22H22N4/c1-15-9-11-19(12-10-15)26-17(3)16(2)20-21(23)25(14-24-22(20)26)13-18-7-5-4-6-8-18/h4-12,14,23H,13H2,1-3H3. The summed E-state index contributed by atoms with van der Waals surface area (Å²) in [6.45, 7) is 6.91. The maximum Gasteiger partial charge on any atom is 0.150 e. The van der Waals surface area contributed by atoms with Crippen molar-refractivity contribution in [2.75, 3.05) is 0 Å². The van der Waals surface area contributed by atoms with E-state index in [1.165, 1.54) is 11.1 Å². The highest BCUT2D eigenvalue weighted by Crippen LogP contribution is 2.25. The summed E-state index contributed by atoms with van der Waals surface area (Å²) >= 11 is 0. The Bertz CT molecular complexity index is 1130. The van der Waals surface area contributed by atoms with Crippen molar-refractivity contribution in [1.82, 2.24) is 14.1 Å². The molecule has 4 aromatic rings. The van der Waals surface area contributed by atoms with Crippen LogP contribution in [-0.2, 0) is 6.54 Å². The number of nitrogens with zero attached hydrogens (tertiary/aromatic N) is 3. The van der Waals surface area contributed by atoms with E-state index in [0.717, 1.165) is 28.0 Å². The Labute approximate surface area is 152 Å². The highest BCUT2D eigenvalue weighted by Gasteiger charge is 2.16. The number of fused-ring (bicyclic) bond motifs is 1.